The highest BCUT2D eigenvalue weighted by Gasteiger charge is 2.32. The van der Waals surface area contributed by atoms with Crippen molar-refractivity contribution in [2.24, 2.45) is 5.41 Å². The second kappa shape index (κ2) is 7.50. The second-order valence-corrected chi connectivity index (χ2v) is 7.26. The first kappa shape index (κ1) is 18.0. The molecule has 0 aromatic heterocycles. The monoisotopic (exact) mass is 376 g/mol. The molecule has 2 aromatic rings. The Hall–Kier alpha value is -1.32. The van der Waals surface area contributed by atoms with Crippen LogP contribution in [0.4, 0.5) is 0 Å². The van der Waals surface area contributed by atoms with Crippen LogP contribution in [0.5, 0.6) is 5.75 Å². The molecule has 2 nitrogen and oxygen atoms in total. The summed E-state index contributed by atoms with van der Waals surface area (Å²) in [6.07, 6.45) is -0.0633. The maximum atomic E-state index is 5.91. The van der Waals surface area contributed by atoms with Crippen molar-refractivity contribution in [1.29, 1.82) is 0 Å². The van der Waals surface area contributed by atoms with Crippen LogP contribution in [-0.2, 0) is 10.1 Å². The third kappa shape index (κ3) is 3.78. The summed E-state index contributed by atoms with van der Waals surface area (Å²) < 4.78 is 11.7. The maximum Gasteiger partial charge on any atom is 0.129 e. The molecule has 0 saturated heterocycles. The number of benzene rings is 2. The zero-order valence-electron chi connectivity index (χ0n) is 14.5. The summed E-state index contributed by atoms with van der Waals surface area (Å²) in [6, 6.07) is 14.7. The van der Waals surface area contributed by atoms with Gasteiger partial charge in [0.15, 0.2) is 0 Å². The van der Waals surface area contributed by atoms with Crippen LogP contribution in [0.15, 0.2) is 42.5 Å². The van der Waals surface area contributed by atoms with Crippen LogP contribution in [0.2, 0.25) is 0 Å². The van der Waals surface area contributed by atoms with Gasteiger partial charge < -0.3 is 9.47 Å². The Morgan fingerprint density at radius 1 is 1.00 bits per heavy atom. The molecule has 0 heterocycles. The molecule has 0 bridgehead atoms. The van der Waals surface area contributed by atoms with Crippen molar-refractivity contribution in [3.63, 3.8) is 0 Å². The van der Waals surface area contributed by atoms with E-state index in [1.807, 2.05) is 6.07 Å². The maximum absolute atomic E-state index is 5.91. The molecular weight excluding hydrogens is 352 g/mol. The molecule has 0 fully saturated rings. The topological polar surface area (TPSA) is 18.5 Å². The van der Waals surface area contributed by atoms with E-state index in [2.05, 4.69) is 73.1 Å². The van der Waals surface area contributed by atoms with Crippen LogP contribution in [0.25, 0.3) is 11.1 Å². The van der Waals surface area contributed by atoms with Gasteiger partial charge in [0.25, 0.3) is 0 Å². The lowest BCUT2D eigenvalue weighted by atomic mass is 9.80. The molecule has 0 N–H and O–H groups in total. The fourth-order valence-corrected chi connectivity index (χ4v) is 3.47. The zero-order valence-corrected chi connectivity index (χ0v) is 16.1. The fraction of sp³-hybridized carbons (Fsp3) is 0.400. The van der Waals surface area contributed by atoms with E-state index in [-0.39, 0.29) is 11.5 Å². The molecule has 0 amide bonds. The summed E-state index contributed by atoms with van der Waals surface area (Å²) in [6.45, 7) is 6.57. The van der Waals surface area contributed by atoms with Gasteiger partial charge in [-0.15, -0.1) is 0 Å². The summed E-state index contributed by atoms with van der Waals surface area (Å²) in [5, 5.41) is 0.749. The van der Waals surface area contributed by atoms with E-state index < -0.39 is 0 Å². The lowest BCUT2D eigenvalue weighted by molar-refractivity contribution is 0.0139. The van der Waals surface area contributed by atoms with Crippen LogP contribution >= 0.6 is 15.9 Å². The minimum atomic E-state index is -0.0633. The van der Waals surface area contributed by atoms with Gasteiger partial charge in [-0.25, -0.2) is 0 Å². The number of hydrogen-bond acceptors (Lipinski definition) is 2. The summed E-state index contributed by atoms with van der Waals surface area (Å²) in [5.41, 5.74) is 4.54. The van der Waals surface area contributed by atoms with Crippen molar-refractivity contribution in [1.82, 2.24) is 0 Å². The first-order chi connectivity index (χ1) is 10.9. The molecule has 0 aliphatic heterocycles. The van der Waals surface area contributed by atoms with E-state index in [9.17, 15) is 0 Å². The Morgan fingerprint density at radius 2 is 1.65 bits per heavy atom. The van der Waals surface area contributed by atoms with Crippen molar-refractivity contribution < 1.29 is 9.47 Å². The highest BCUT2D eigenvalue weighted by molar-refractivity contribution is 9.08. The predicted molar refractivity (Wildman–Crippen MR) is 100 cm³/mol. The number of rotatable bonds is 5. The van der Waals surface area contributed by atoms with Gasteiger partial charge >= 0.3 is 0 Å². The van der Waals surface area contributed by atoms with Crippen molar-refractivity contribution in [2.75, 3.05) is 14.2 Å². The molecule has 1 unspecified atom stereocenters. The Labute approximate surface area is 148 Å². The molecular formula is C20H25BrO2. The molecule has 0 spiro atoms. The molecule has 0 aliphatic carbocycles. The number of halogens is 1. The van der Waals surface area contributed by atoms with Crippen molar-refractivity contribution in [3.05, 3.63) is 53.6 Å². The van der Waals surface area contributed by atoms with Crippen molar-refractivity contribution >= 4 is 15.9 Å². The van der Waals surface area contributed by atoms with Crippen LogP contribution in [0, 0.1) is 5.41 Å². The first-order valence-corrected chi connectivity index (χ1v) is 8.90. The standard InChI is InChI=1S/C20H25BrO2/c1-20(2,3)19(23-5)17-16(14-9-7-6-8-10-14)12-11-15(13-21)18(17)22-4/h6-12,19H,13H2,1-5H3. The molecule has 0 aliphatic rings. The molecule has 124 valence electrons. The molecule has 23 heavy (non-hydrogen) atoms. The molecule has 0 saturated carbocycles. The number of alkyl halides is 1. The third-order valence-electron chi connectivity index (χ3n) is 3.99. The molecule has 1 atom stereocenters. The minimum absolute atomic E-state index is 0.0451. The number of methoxy groups -OCH3 is 2. The van der Waals surface area contributed by atoms with Gasteiger partial charge in [0, 0.05) is 23.6 Å². The van der Waals surface area contributed by atoms with Gasteiger partial charge in [0.05, 0.1) is 13.2 Å². The van der Waals surface area contributed by atoms with Crippen LogP contribution < -0.4 is 4.74 Å². The van der Waals surface area contributed by atoms with Gasteiger partial charge in [-0.1, -0.05) is 79.2 Å². The van der Waals surface area contributed by atoms with Crippen molar-refractivity contribution in [2.45, 2.75) is 32.2 Å². The number of hydrogen-bond donors (Lipinski definition) is 0. The first-order valence-electron chi connectivity index (χ1n) is 7.78. The van der Waals surface area contributed by atoms with Gasteiger partial charge in [-0.3, -0.25) is 0 Å². The second-order valence-electron chi connectivity index (χ2n) is 6.70. The van der Waals surface area contributed by atoms with E-state index in [0.29, 0.717) is 0 Å². The summed E-state index contributed by atoms with van der Waals surface area (Å²) in [7, 11) is 3.50. The van der Waals surface area contributed by atoms with Crippen LogP contribution in [0.1, 0.15) is 38.0 Å². The van der Waals surface area contributed by atoms with Crippen LogP contribution in [-0.4, -0.2) is 14.2 Å². The van der Waals surface area contributed by atoms with Crippen molar-refractivity contribution in [3.8, 4) is 16.9 Å². The average Bonchev–Trinajstić information content (AvgIpc) is 2.54. The smallest absolute Gasteiger partial charge is 0.129 e. The third-order valence-corrected chi connectivity index (χ3v) is 4.60. The molecule has 2 rings (SSSR count). The SMILES string of the molecule is COc1c(CBr)ccc(-c2ccccc2)c1C(OC)C(C)(C)C. The number of ether oxygens (including phenoxy) is 2. The van der Waals surface area contributed by atoms with Gasteiger partial charge in [-0.05, 0) is 16.5 Å². The van der Waals surface area contributed by atoms with E-state index >= 15 is 0 Å². The Bertz CT molecular complexity index is 645. The zero-order chi connectivity index (χ0) is 17.0. The fourth-order valence-electron chi connectivity index (χ4n) is 3.03. The van der Waals surface area contributed by atoms with E-state index in [1.54, 1.807) is 14.2 Å². The minimum Gasteiger partial charge on any atom is -0.496 e. The predicted octanol–water partition coefficient (Wildman–Crippen LogP) is 5.99. The normalized spacial score (nSPS) is 13.0. The lowest BCUT2D eigenvalue weighted by Gasteiger charge is -2.33. The molecule has 2 aromatic carbocycles. The Balaban J connectivity index is 2.77. The summed E-state index contributed by atoms with van der Waals surface area (Å²) in [5.74, 6) is 0.907. The Morgan fingerprint density at radius 3 is 2.13 bits per heavy atom. The highest BCUT2D eigenvalue weighted by atomic mass is 79.9. The van der Waals surface area contributed by atoms with Gasteiger partial charge in [0.1, 0.15) is 5.75 Å². The molecule has 3 heteroatoms. The highest BCUT2D eigenvalue weighted by Crippen LogP contribution is 2.46. The van der Waals surface area contributed by atoms with Gasteiger partial charge in [0.2, 0.25) is 0 Å². The average molecular weight is 377 g/mol. The van der Waals surface area contributed by atoms with E-state index in [4.69, 9.17) is 9.47 Å². The van der Waals surface area contributed by atoms with E-state index in [0.717, 1.165) is 27.8 Å². The summed E-state index contributed by atoms with van der Waals surface area (Å²) in [4.78, 5) is 0. The largest absolute Gasteiger partial charge is 0.496 e. The Kier molecular flexibility index (Phi) is 5.88. The summed E-state index contributed by atoms with van der Waals surface area (Å²) >= 11 is 3.56. The lowest BCUT2D eigenvalue weighted by Crippen LogP contribution is -2.22. The van der Waals surface area contributed by atoms with Gasteiger partial charge in [-0.2, -0.15) is 0 Å². The quantitative estimate of drug-likeness (QED) is 0.596. The van der Waals surface area contributed by atoms with Crippen LogP contribution in [0.3, 0.4) is 0 Å². The van der Waals surface area contributed by atoms with E-state index in [1.165, 1.54) is 5.56 Å². The molecule has 0 radical (unpaired) electrons.